The van der Waals surface area contributed by atoms with Crippen LogP contribution in [0.4, 0.5) is 0 Å². The zero-order valence-electron chi connectivity index (χ0n) is 12.2. The minimum Gasteiger partial charge on any atom is -0.380 e. The summed E-state index contributed by atoms with van der Waals surface area (Å²) < 4.78 is 5.61. The summed E-state index contributed by atoms with van der Waals surface area (Å²) in [5, 5.41) is 9.35. The zero-order chi connectivity index (χ0) is 13.2. The molecular weight excluding hydrogens is 210 g/mol. The smallest absolute Gasteiger partial charge is 0.0760 e. The van der Waals surface area contributed by atoms with Gasteiger partial charge < -0.3 is 4.74 Å². The maximum Gasteiger partial charge on any atom is 0.0760 e. The van der Waals surface area contributed by atoms with E-state index in [4.69, 9.17) is 4.74 Å². The SMILES string of the molecule is COC1C(C#N)CC(C(C)(C)C)CC1C(C)C. The van der Waals surface area contributed by atoms with Crippen LogP contribution in [0.3, 0.4) is 0 Å². The van der Waals surface area contributed by atoms with E-state index in [-0.39, 0.29) is 12.0 Å². The van der Waals surface area contributed by atoms with Gasteiger partial charge in [0.15, 0.2) is 0 Å². The number of nitrogens with zero attached hydrogens (tertiary/aromatic N) is 1. The molecule has 0 aliphatic heterocycles. The van der Waals surface area contributed by atoms with Gasteiger partial charge in [0.2, 0.25) is 0 Å². The molecule has 4 unspecified atom stereocenters. The Morgan fingerprint density at radius 1 is 1.24 bits per heavy atom. The van der Waals surface area contributed by atoms with Crippen LogP contribution in [0.2, 0.25) is 0 Å². The lowest BCUT2D eigenvalue weighted by atomic mass is 9.62. The molecule has 2 nitrogen and oxygen atoms in total. The molecule has 0 aromatic heterocycles. The zero-order valence-corrected chi connectivity index (χ0v) is 12.2. The van der Waals surface area contributed by atoms with E-state index < -0.39 is 0 Å². The highest BCUT2D eigenvalue weighted by Crippen LogP contribution is 2.45. The van der Waals surface area contributed by atoms with E-state index >= 15 is 0 Å². The first kappa shape index (κ1) is 14.5. The third-order valence-corrected chi connectivity index (χ3v) is 4.43. The quantitative estimate of drug-likeness (QED) is 0.730. The molecule has 1 aliphatic rings. The van der Waals surface area contributed by atoms with Crippen LogP contribution in [0.15, 0.2) is 0 Å². The van der Waals surface area contributed by atoms with Gasteiger partial charge in [-0.1, -0.05) is 34.6 Å². The molecule has 0 radical (unpaired) electrons. The van der Waals surface area contributed by atoms with Crippen molar-refractivity contribution >= 4 is 0 Å². The van der Waals surface area contributed by atoms with Gasteiger partial charge in [-0.15, -0.1) is 0 Å². The van der Waals surface area contributed by atoms with Crippen LogP contribution in [-0.4, -0.2) is 13.2 Å². The van der Waals surface area contributed by atoms with Gasteiger partial charge in [0.05, 0.1) is 18.1 Å². The predicted octanol–water partition coefficient (Wildman–Crippen LogP) is 3.87. The Bertz CT molecular complexity index is 284. The fourth-order valence-corrected chi connectivity index (χ4v) is 3.12. The number of ether oxygens (including phenoxy) is 1. The summed E-state index contributed by atoms with van der Waals surface area (Å²) >= 11 is 0. The second-order valence-electron chi connectivity index (χ2n) is 6.88. The maximum absolute atomic E-state index is 9.35. The number of nitriles is 1. The molecule has 0 aromatic carbocycles. The number of rotatable bonds is 2. The molecule has 0 amide bonds. The van der Waals surface area contributed by atoms with E-state index in [1.54, 1.807) is 7.11 Å². The first-order chi connectivity index (χ1) is 7.81. The molecule has 1 fully saturated rings. The monoisotopic (exact) mass is 237 g/mol. The molecule has 1 aliphatic carbocycles. The first-order valence-electron chi connectivity index (χ1n) is 6.73. The second kappa shape index (κ2) is 5.40. The van der Waals surface area contributed by atoms with Crippen LogP contribution in [0, 0.1) is 40.4 Å². The van der Waals surface area contributed by atoms with Gasteiger partial charge in [-0.3, -0.25) is 0 Å². The summed E-state index contributed by atoms with van der Waals surface area (Å²) in [5.41, 5.74) is 0.293. The van der Waals surface area contributed by atoms with Crippen molar-refractivity contribution in [2.75, 3.05) is 7.11 Å². The summed E-state index contributed by atoms with van der Waals surface area (Å²) in [6.07, 6.45) is 2.30. The Labute approximate surface area is 106 Å². The van der Waals surface area contributed by atoms with E-state index in [1.807, 2.05) is 0 Å². The summed E-state index contributed by atoms with van der Waals surface area (Å²) in [6, 6.07) is 2.47. The van der Waals surface area contributed by atoms with E-state index in [0.29, 0.717) is 23.2 Å². The van der Waals surface area contributed by atoms with Crippen LogP contribution < -0.4 is 0 Å². The van der Waals surface area contributed by atoms with Crippen molar-refractivity contribution < 1.29 is 4.74 Å². The third-order valence-electron chi connectivity index (χ3n) is 4.43. The molecule has 1 rings (SSSR count). The third kappa shape index (κ3) is 3.22. The lowest BCUT2D eigenvalue weighted by molar-refractivity contribution is -0.0521. The Kier molecular flexibility index (Phi) is 4.61. The Balaban J connectivity index is 2.92. The minimum atomic E-state index is 0.0605. The highest BCUT2D eigenvalue weighted by Gasteiger charge is 2.42. The molecule has 2 heteroatoms. The lowest BCUT2D eigenvalue weighted by Gasteiger charge is -2.45. The van der Waals surface area contributed by atoms with Gasteiger partial charge in [-0.25, -0.2) is 0 Å². The van der Waals surface area contributed by atoms with Crippen molar-refractivity contribution in [3.05, 3.63) is 0 Å². The van der Waals surface area contributed by atoms with Crippen molar-refractivity contribution in [1.29, 1.82) is 5.26 Å². The largest absolute Gasteiger partial charge is 0.380 e. The molecule has 0 N–H and O–H groups in total. The van der Waals surface area contributed by atoms with Crippen molar-refractivity contribution in [3.63, 3.8) is 0 Å². The minimum absolute atomic E-state index is 0.0605. The Hall–Kier alpha value is -0.550. The van der Waals surface area contributed by atoms with E-state index in [9.17, 15) is 5.26 Å². The molecule has 0 bridgehead atoms. The Morgan fingerprint density at radius 2 is 1.82 bits per heavy atom. The van der Waals surface area contributed by atoms with Crippen molar-refractivity contribution in [2.45, 2.75) is 53.6 Å². The lowest BCUT2D eigenvalue weighted by Crippen LogP contribution is -2.43. The highest BCUT2D eigenvalue weighted by atomic mass is 16.5. The fourth-order valence-electron chi connectivity index (χ4n) is 3.12. The first-order valence-corrected chi connectivity index (χ1v) is 6.73. The van der Waals surface area contributed by atoms with Crippen LogP contribution in [0.25, 0.3) is 0 Å². The van der Waals surface area contributed by atoms with Crippen molar-refractivity contribution in [2.24, 2.45) is 29.1 Å². The van der Waals surface area contributed by atoms with E-state index in [0.717, 1.165) is 6.42 Å². The van der Waals surface area contributed by atoms with Crippen LogP contribution in [-0.2, 0) is 4.74 Å². The van der Waals surface area contributed by atoms with Gasteiger partial charge in [-0.05, 0) is 36.0 Å². The second-order valence-corrected chi connectivity index (χ2v) is 6.88. The normalized spacial score (nSPS) is 34.7. The van der Waals surface area contributed by atoms with Crippen molar-refractivity contribution in [1.82, 2.24) is 0 Å². The fraction of sp³-hybridized carbons (Fsp3) is 0.933. The average molecular weight is 237 g/mol. The molecule has 1 saturated carbocycles. The predicted molar refractivity (Wildman–Crippen MR) is 70.4 cm³/mol. The molecule has 4 atom stereocenters. The summed E-state index contributed by atoms with van der Waals surface area (Å²) in [5.74, 6) is 1.79. The summed E-state index contributed by atoms with van der Waals surface area (Å²) in [6.45, 7) is 11.4. The van der Waals surface area contributed by atoms with Gasteiger partial charge in [0, 0.05) is 7.11 Å². The summed E-state index contributed by atoms with van der Waals surface area (Å²) in [4.78, 5) is 0. The van der Waals surface area contributed by atoms with Gasteiger partial charge in [-0.2, -0.15) is 5.26 Å². The molecule has 98 valence electrons. The van der Waals surface area contributed by atoms with Gasteiger partial charge >= 0.3 is 0 Å². The summed E-state index contributed by atoms with van der Waals surface area (Å²) in [7, 11) is 1.75. The Morgan fingerprint density at radius 3 is 2.18 bits per heavy atom. The van der Waals surface area contributed by atoms with Gasteiger partial charge in [0.25, 0.3) is 0 Å². The number of hydrogen-bond acceptors (Lipinski definition) is 2. The maximum atomic E-state index is 9.35. The molecule has 17 heavy (non-hydrogen) atoms. The van der Waals surface area contributed by atoms with E-state index in [1.165, 1.54) is 6.42 Å². The molecule has 0 saturated heterocycles. The van der Waals surface area contributed by atoms with E-state index in [2.05, 4.69) is 40.7 Å². The molecule has 0 heterocycles. The van der Waals surface area contributed by atoms with Crippen LogP contribution in [0.1, 0.15) is 47.5 Å². The number of methoxy groups -OCH3 is 1. The highest BCUT2D eigenvalue weighted by molar-refractivity contribution is 5.00. The van der Waals surface area contributed by atoms with Gasteiger partial charge in [0.1, 0.15) is 0 Å². The topological polar surface area (TPSA) is 33.0 Å². The van der Waals surface area contributed by atoms with Crippen molar-refractivity contribution in [3.8, 4) is 6.07 Å². The van der Waals surface area contributed by atoms with Crippen LogP contribution in [0.5, 0.6) is 0 Å². The van der Waals surface area contributed by atoms with Crippen LogP contribution >= 0.6 is 0 Å². The average Bonchev–Trinajstić information content (AvgIpc) is 2.25. The molecule has 0 aromatic rings. The number of hydrogen-bond donors (Lipinski definition) is 0. The standard InChI is InChI=1S/C15H27NO/c1-10(2)13-8-12(15(3,4)5)7-11(9-16)14(13)17-6/h10-14H,7-8H2,1-6H3. The molecule has 0 spiro atoms. The molecular formula is C15H27NO.